The average molecular weight is 287 g/mol. The lowest BCUT2D eigenvalue weighted by Gasteiger charge is -2.12. The highest BCUT2D eigenvalue weighted by Crippen LogP contribution is 2.18. The molecule has 19 heavy (non-hydrogen) atoms. The molecule has 1 heterocycles. The number of nitrogens with one attached hydrogen (secondary N) is 2. The van der Waals surface area contributed by atoms with E-state index in [9.17, 15) is 12.8 Å². The number of nitrogens with two attached hydrogens (primary N) is 1. The Kier molecular flexibility index (Phi) is 4.38. The Bertz CT molecular complexity index is 542. The first-order valence-electron chi connectivity index (χ1n) is 6.26. The van der Waals surface area contributed by atoms with Crippen LogP contribution in [0.4, 0.5) is 10.1 Å². The standard InChI is InChI=1S/C12H18FN3O2S/c13-11-8-10(19(14,17)18)3-4-12(11)16-7-5-9-2-1-6-15-9/h3-4,8-9,15-16H,1-2,5-7H2,(H2,14,17,18)/t9-/m0/s1. The molecule has 1 atom stereocenters. The number of sulfonamides is 1. The summed E-state index contributed by atoms with van der Waals surface area (Å²) in [6, 6.07) is 4.12. The third-order valence-electron chi connectivity index (χ3n) is 3.24. The third-order valence-corrected chi connectivity index (χ3v) is 4.15. The SMILES string of the molecule is NS(=O)(=O)c1ccc(NCC[C@@H]2CCCN2)c(F)c1. The average Bonchev–Trinajstić information content (AvgIpc) is 2.83. The van der Waals surface area contributed by atoms with Crippen LogP contribution in [-0.2, 0) is 10.0 Å². The number of benzene rings is 1. The van der Waals surface area contributed by atoms with Crippen molar-refractivity contribution in [1.29, 1.82) is 0 Å². The van der Waals surface area contributed by atoms with E-state index in [4.69, 9.17) is 5.14 Å². The van der Waals surface area contributed by atoms with Gasteiger partial charge in [0, 0.05) is 12.6 Å². The maximum absolute atomic E-state index is 13.7. The van der Waals surface area contributed by atoms with Gasteiger partial charge >= 0.3 is 0 Å². The molecule has 0 bridgehead atoms. The Morgan fingerprint density at radius 3 is 2.84 bits per heavy atom. The first kappa shape index (κ1) is 14.2. The predicted molar refractivity (Wildman–Crippen MR) is 71.9 cm³/mol. The highest BCUT2D eigenvalue weighted by molar-refractivity contribution is 7.89. The zero-order valence-electron chi connectivity index (χ0n) is 10.5. The van der Waals surface area contributed by atoms with Crippen LogP contribution in [0.2, 0.25) is 0 Å². The fourth-order valence-electron chi connectivity index (χ4n) is 2.20. The lowest BCUT2D eigenvalue weighted by molar-refractivity contribution is 0.571. The Labute approximate surface area is 112 Å². The highest BCUT2D eigenvalue weighted by Gasteiger charge is 2.14. The Morgan fingerprint density at radius 2 is 2.26 bits per heavy atom. The zero-order valence-corrected chi connectivity index (χ0v) is 11.3. The van der Waals surface area contributed by atoms with Gasteiger partial charge in [0.1, 0.15) is 5.82 Å². The molecule has 0 unspecified atom stereocenters. The first-order valence-corrected chi connectivity index (χ1v) is 7.81. The van der Waals surface area contributed by atoms with Gasteiger partial charge in [-0.2, -0.15) is 0 Å². The number of rotatable bonds is 5. The van der Waals surface area contributed by atoms with E-state index in [1.807, 2.05) is 0 Å². The van der Waals surface area contributed by atoms with Crippen LogP contribution in [0.15, 0.2) is 23.1 Å². The van der Waals surface area contributed by atoms with Gasteiger partial charge < -0.3 is 10.6 Å². The second kappa shape index (κ2) is 5.85. The molecule has 1 fully saturated rings. The van der Waals surface area contributed by atoms with Gasteiger partial charge in [-0.15, -0.1) is 0 Å². The first-order chi connectivity index (χ1) is 8.97. The molecule has 0 aliphatic carbocycles. The molecule has 5 nitrogen and oxygen atoms in total. The van der Waals surface area contributed by atoms with E-state index in [-0.39, 0.29) is 4.90 Å². The summed E-state index contributed by atoms with van der Waals surface area (Å²) in [5, 5.41) is 11.3. The quantitative estimate of drug-likeness (QED) is 0.755. The van der Waals surface area contributed by atoms with Crippen molar-refractivity contribution in [2.45, 2.75) is 30.2 Å². The molecule has 1 aliphatic rings. The molecule has 7 heteroatoms. The summed E-state index contributed by atoms with van der Waals surface area (Å²) in [6.45, 7) is 1.69. The van der Waals surface area contributed by atoms with Gasteiger partial charge in [0.2, 0.25) is 10.0 Å². The van der Waals surface area contributed by atoms with Crippen LogP contribution in [0.1, 0.15) is 19.3 Å². The maximum Gasteiger partial charge on any atom is 0.238 e. The number of primary sulfonamides is 1. The summed E-state index contributed by atoms with van der Waals surface area (Å²) >= 11 is 0. The molecule has 0 aromatic heterocycles. The van der Waals surface area contributed by atoms with Crippen molar-refractivity contribution < 1.29 is 12.8 Å². The summed E-state index contributed by atoms with van der Waals surface area (Å²) < 4.78 is 35.8. The van der Waals surface area contributed by atoms with Crippen LogP contribution >= 0.6 is 0 Å². The summed E-state index contributed by atoms with van der Waals surface area (Å²) in [5.74, 6) is -0.606. The molecule has 4 N–H and O–H groups in total. The maximum atomic E-state index is 13.7. The lowest BCUT2D eigenvalue weighted by atomic mass is 10.1. The molecule has 1 saturated heterocycles. The van der Waals surface area contributed by atoms with Crippen molar-refractivity contribution in [3.63, 3.8) is 0 Å². The molecule has 0 saturated carbocycles. The van der Waals surface area contributed by atoms with Crippen molar-refractivity contribution in [2.75, 3.05) is 18.4 Å². The van der Waals surface area contributed by atoms with Gasteiger partial charge in [0.15, 0.2) is 0 Å². The van der Waals surface area contributed by atoms with E-state index in [0.29, 0.717) is 18.3 Å². The summed E-state index contributed by atoms with van der Waals surface area (Å²) in [6.07, 6.45) is 3.24. The van der Waals surface area contributed by atoms with Gasteiger partial charge in [-0.25, -0.2) is 17.9 Å². The minimum Gasteiger partial charge on any atom is -0.383 e. The predicted octanol–water partition coefficient (Wildman–Crippen LogP) is 1.03. The Hall–Kier alpha value is -1.18. The van der Waals surface area contributed by atoms with Crippen LogP contribution in [-0.4, -0.2) is 27.5 Å². The zero-order chi connectivity index (χ0) is 13.9. The lowest BCUT2D eigenvalue weighted by Crippen LogP contribution is -2.24. The monoisotopic (exact) mass is 287 g/mol. The Balaban J connectivity index is 1.93. The van der Waals surface area contributed by atoms with E-state index < -0.39 is 15.8 Å². The molecule has 106 valence electrons. The molecule has 1 aromatic carbocycles. The topological polar surface area (TPSA) is 84.2 Å². The number of hydrogen-bond acceptors (Lipinski definition) is 4. The van der Waals surface area contributed by atoms with Gasteiger partial charge in [-0.3, -0.25) is 0 Å². The second-order valence-corrected chi connectivity index (χ2v) is 6.26. The van der Waals surface area contributed by atoms with Crippen molar-refractivity contribution in [1.82, 2.24) is 5.32 Å². The minimum atomic E-state index is -3.85. The molecule has 0 radical (unpaired) electrons. The minimum absolute atomic E-state index is 0.215. The van der Waals surface area contributed by atoms with E-state index in [2.05, 4.69) is 10.6 Å². The van der Waals surface area contributed by atoms with Crippen molar-refractivity contribution in [2.24, 2.45) is 5.14 Å². The molecule has 2 rings (SSSR count). The van der Waals surface area contributed by atoms with Crippen LogP contribution in [0.25, 0.3) is 0 Å². The fourth-order valence-corrected chi connectivity index (χ4v) is 2.73. The Morgan fingerprint density at radius 1 is 1.47 bits per heavy atom. The van der Waals surface area contributed by atoms with Crippen LogP contribution in [0.5, 0.6) is 0 Å². The largest absolute Gasteiger partial charge is 0.383 e. The molecule has 0 amide bonds. The molecule has 1 aliphatic heterocycles. The molecule has 0 spiro atoms. The summed E-state index contributed by atoms with van der Waals surface area (Å²) in [5.41, 5.74) is 0.297. The van der Waals surface area contributed by atoms with Gasteiger partial charge in [0.05, 0.1) is 10.6 Å². The van der Waals surface area contributed by atoms with Gasteiger partial charge in [0.25, 0.3) is 0 Å². The second-order valence-electron chi connectivity index (χ2n) is 4.70. The molecule has 1 aromatic rings. The van der Waals surface area contributed by atoms with Gasteiger partial charge in [-0.05, 0) is 44.0 Å². The van der Waals surface area contributed by atoms with E-state index in [1.54, 1.807) is 0 Å². The normalized spacial score (nSPS) is 19.6. The highest BCUT2D eigenvalue weighted by atomic mass is 32.2. The molecular formula is C12H18FN3O2S. The fraction of sp³-hybridized carbons (Fsp3) is 0.500. The number of hydrogen-bond donors (Lipinski definition) is 3. The van der Waals surface area contributed by atoms with E-state index in [0.717, 1.165) is 25.5 Å². The molecular weight excluding hydrogens is 269 g/mol. The number of anilines is 1. The van der Waals surface area contributed by atoms with Crippen LogP contribution < -0.4 is 15.8 Å². The summed E-state index contributed by atoms with van der Waals surface area (Å²) in [4.78, 5) is -0.215. The van der Waals surface area contributed by atoms with E-state index in [1.165, 1.54) is 18.6 Å². The smallest absolute Gasteiger partial charge is 0.238 e. The van der Waals surface area contributed by atoms with E-state index >= 15 is 0 Å². The van der Waals surface area contributed by atoms with Gasteiger partial charge in [-0.1, -0.05) is 0 Å². The summed E-state index contributed by atoms with van der Waals surface area (Å²) in [7, 11) is -3.85. The number of halogens is 1. The van der Waals surface area contributed by atoms with Crippen LogP contribution in [0.3, 0.4) is 0 Å². The third kappa shape index (κ3) is 3.89. The van der Waals surface area contributed by atoms with Crippen molar-refractivity contribution in [3.8, 4) is 0 Å². The van der Waals surface area contributed by atoms with Crippen molar-refractivity contribution >= 4 is 15.7 Å². The van der Waals surface area contributed by atoms with Crippen LogP contribution in [0, 0.1) is 5.82 Å². The van der Waals surface area contributed by atoms with Crippen molar-refractivity contribution in [3.05, 3.63) is 24.0 Å².